The van der Waals surface area contributed by atoms with Crippen molar-refractivity contribution in [1.29, 1.82) is 0 Å². The average molecular weight is 815 g/mol. The van der Waals surface area contributed by atoms with Gasteiger partial charge in [0, 0.05) is 42.0 Å². The maximum atomic E-state index is 13.0. The molecule has 0 saturated carbocycles. The van der Waals surface area contributed by atoms with Gasteiger partial charge in [0.25, 0.3) is 5.91 Å². The van der Waals surface area contributed by atoms with Gasteiger partial charge in [0.05, 0.1) is 52.3 Å². The number of amides is 1. The zero-order valence-corrected chi connectivity index (χ0v) is 31.1. The predicted octanol–water partition coefficient (Wildman–Crippen LogP) is 8.64. The van der Waals surface area contributed by atoms with Crippen LogP contribution in [0, 0.1) is 0 Å². The second-order valence-corrected chi connectivity index (χ2v) is 13.5. The minimum atomic E-state index is -4.42. The summed E-state index contributed by atoms with van der Waals surface area (Å²) in [4.78, 5) is 46.6. The Labute approximate surface area is 333 Å². The standard InChI is InChI=1S/C21H17F3N4O.C16H15F3N2.C5H4N2O2/c22-21(23,24)15-5-1-4-14(11-15)16-8-7-13-3-2-6-17(19(13)27-16)28-20(29)18-12-25-9-10-26-18;17-16(18,19)12-5-1-4-11(9-12)14-8-7-10-3-2-6-13(20)15(10)21-14;8-5(9)4-3-6-1-2-7-4/h1,4-5,7-12,17H,2-3,6H2,(H,28,29);1,4-5,7-9,13H,2-3,6,20H2;1-3H,(H,8,9). The van der Waals surface area contributed by atoms with E-state index in [0.29, 0.717) is 34.6 Å². The Bertz CT molecular complexity index is 2400. The molecule has 0 bridgehead atoms. The number of nitrogens with one attached hydrogen (secondary N) is 1. The van der Waals surface area contributed by atoms with Crippen LogP contribution in [-0.2, 0) is 25.2 Å². The SMILES string of the molecule is NC1CCCc2ccc(-c3cccc(C(F)(F)F)c3)nc21.O=C(NC1CCCc2ccc(-c3cccc(C(F)(F)F)c3)nc21)c1cnccn1.O=C(O)c1cnccn1. The van der Waals surface area contributed by atoms with E-state index >= 15 is 0 Å². The number of hydrogen-bond donors (Lipinski definition) is 3. The second-order valence-electron chi connectivity index (χ2n) is 13.5. The maximum Gasteiger partial charge on any atom is 0.416 e. The molecule has 0 fully saturated rings. The van der Waals surface area contributed by atoms with E-state index in [1.165, 1.54) is 49.3 Å². The van der Waals surface area contributed by atoms with Crippen LogP contribution in [0.2, 0.25) is 0 Å². The van der Waals surface area contributed by atoms with Gasteiger partial charge in [-0.05, 0) is 86.1 Å². The topological polar surface area (TPSA) is 170 Å². The molecule has 8 rings (SSSR count). The highest BCUT2D eigenvalue weighted by atomic mass is 19.4. The molecule has 4 heterocycles. The first-order valence-corrected chi connectivity index (χ1v) is 18.3. The molecule has 2 aliphatic carbocycles. The van der Waals surface area contributed by atoms with E-state index in [9.17, 15) is 35.9 Å². The molecular formula is C42H36F6N8O3. The highest BCUT2D eigenvalue weighted by Gasteiger charge is 2.32. The number of carbonyl (C=O) groups excluding carboxylic acids is 1. The predicted molar refractivity (Wildman–Crippen MR) is 203 cm³/mol. The van der Waals surface area contributed by atoms with Crippen molar-refractivity contribution in [3.05, 3.63) is 155 Å². The van der Waals surface area contributed by atoms with E-state index in [0.717, 1.165) is 73.2 Å². The van der Waals surface area contributed by atoms with Gasteiger partial charge in [-0.3, -0.25) is 24.7 Å². The van der Waals surface area contributed by atoms with Crippen molar-refractivity contribution in [2.75, 3.05) is 0 Å². The molecule has 4 aromatic heterocycles. The molecule has 2 aromatic carbocycles. The molecule has 6 aromatic rings. The number of carboxylic acid groups (broad SMARTS) is 1. The molecule has 0 aliphatic heterocycles. The van der Waals surface area contributed by atoms with Gasteiger partial charge < -0.3 is 16.2 Å². The number of benzene rings is 2. The third-order valence-electron chi connectivity index (χ3n) is 9.46. The number of nitrogens with two attached hydrogens (primary N) is 1. The summed E-state index contributed by atoms with van der Waals surface area (Å²) >= 11 is 0. The van der Waals surface area contributed by atoms with Gasteiger partial charge in [0.1, 0.15) is 5.69 Å². The molecule has 2 unspecified atom stereocenters. The van der Waals surface area contributed by atoms with Crippen LogP contribution < -0.4 is 11.1 Å². The lowest BCUT2D eigenvalue weighted by molar-refractivity contribution is -0.138. The second kappa shape index (κ2) is 18.3. The Balaban J connectivity index is 0.000000169. The minimum absolute atomic E-state index is 0.0301. The van der Waals surface area contributed by atoms with Crippen LogP contribution in [0.1, 0.15) is 92.4 Å². The number of carboxylic acids is 1. The van der Waals surface area contributed by atoms with Crippen LogP contribution in [0.3, 0.4) is 0 Å². The van der Waals surface area contributed by atoms with E-state index in [-0.39, 0.29) is 29.4 Å². The number of hydrogen-bond acceptors (Lipinski definition) is 9. The highest BCUT2D eigenvalue weighted by molar-refractivity contribution is 5.92. The van der Waals surface area contributed by atoms with Crippen LogP contribution in [0.15, 0.2) is 110 Å². The van der Waals surface area contributed by atoms with Gasteiger partial charge in [0.15, 0.2) is 5.69 Å². The first-order chi connectivity index (χ1) is 28.2. The summed E-state index contributed by atoms with van der Waals surface area (Å²) in [5.74, 6) is -1.41. The van der Waals surface area contributed by atoms with Gasteiger partial charge in [-0.25, -0.2) is 14.8 Å². The molecule has 11 nitrogen and oxygen atoms in total. The molecule has 0 spiro atoms. The Morgan fingerprint density at radius 1 is 0.661 bits per heavy atom. The summed E-state index contributed by atoms with van der Waals surface area (Å²) in [5.41, 5.74) is 10.2. The largest absolute Gasteiger partial charge is 0.476 e. The van der Waals surface area contributed by atoms with Crippen LogP contribution in [0.25, 0.3) is 22.5 Å². The van der Waals surface area contributed by atoms with Crippen molar-refractivity contribution in [3.63, 3.8) is 0 Å². The lowest BCUT2D eigenvalue weighted by Crippen LogP contribution is -2.32. The summed E-state index contributed by atoms with van der Waals surface area (Å²) in [5, 5.41) is 11.2. The van der Waals surface area contributed by atoms with Crippen molar-refractivity contribution < 1.29 is 41.0 Å². The van der Waals surface area contributed by atoms with E-state index < -0.39 is 29.4 Å². The fraction of sp³-hybridized carbons (Fsp3) is 0.238. The number of pyridine rings is 2. The highest BCUT2D eigenvalue weighted by Crippen LogP contribution is 2.35. The minimum Gasteiger partial charge on any atom is -0.476 e. The van der Waals surface area contributed by atoms with Crippen LogP contribution in [-0.4, -0.2) is 46.9 Å². The van der Waals surface area contributed by atoms with Crippen LogP contribution in [0.5, 0.6) is 0 Å². The van der Waals surface area contributed by atoms with Crippen molar-refractivity contribution in [3.8, 4) is 22.5 Å². The van der Waals surface area contributed by atoms with Crippen molar-refractivity contribution in [1.82, 2.24) is 35.2 Å². The number of rotatable bonds is 5. The lowest BCUT2D eigenvalue weighted by Gasteiger charge is -2.26. The number of aromatic nitrogens is 6. The molecule has 1 amide bonds. The number of aryl methyl sites for hydroxylation is 2. The first-order valence-electron chi connectivity index (χ1n) is 18.3. The molecular weight excluding hydrogens is 779 g/mol. The quantitative estimate of drug-likeness (QED) is 0.143. The molecule has 59 heavy (non-hydrogen) atoms. The number of halogens is 6. The number of nitrogens with zero attached hydrogens (tertiary/aromatic N) is 6. The Morgan fingerprint density at radius 3 is 1.66 bits per heavy atom. The number of fused-ring (bicyclic) bond motifs is 2. The van der Waals surface area contributed by atoms with Gasteiger partial charge in [-0.2, -0.15) is 26.3 Å². The number of carbonyl (C=O) groups is 2. The number of alkyl halides is 6. The molecule has 2 aliphatic rings. The molecule has 304 valence electrons. The van der Waals surface area contributed by atoms with E-state index in [1.807, 2.05) is 12.1 Å². The fourth-order valence-corrected chi connectivity index (χ4v) is 6.57. The van der Waals surface area contributed by atoms with Crippen molar-refractivity contribution >= 4 is 11.9 Å². The molecule has 0 saturated heterocycles. The summed E-state index contributed by atoms with van der Waals surface area (Å²) in [7, 11) is 0. The zero-order valence-electron chi connectivity index (χ0n) is 31.1. The smallest absolute Gasteiger partial charge is 0.416 e. The third kappa shape index (κ3) is 10.9. The Kier molecular flexibility index (Phi) is 13.0. The summed E-state index contributed by atoms with van der Waals surface area (Å²) in [6.07, 6.45) is 4.69. The normalized spacial score (nSPS) is 15.8. The summed E-state index contributed by atoms with van der Waals surface area (Å²) in [6, 6.07) is 17.2. The van der Waals surface area contributed by atoms with E-state index in [1.54, 1.807) is 24.3 Å². The van der Waals surface area contributed by atoms with Crippen LogP contribution >= 0.6 is 0 Å². The Morgan fingerprint density at radius 2 is 1.17 bits per heavy atom. The molecule has 0 radical (unpaired) electrons. The van der Waals surface area contributed by atoms with E-state index in [4.69, 9.17) is 10.8 Å². The summed E-state index contributed by atoms with van der Waals surface area (Å²) in [6.45, 7) is 0. The first kappa shape index (κ1) is 42.0. The van der Waals surface area contributed by atoms with Gasteiger partial charge >= 0.3 is 18.3 Å². The van der Waals surface area contributed by atoms with Crippen molar-refractivity contribution in [2.45, 2.75) is 63.0 Å². The van der Waals surface area contributed by atoms with Crippen LogP contribution in [0.4, 0.5) is 26.3 Å². The zero-order chi connectivity index (χ0) is 42.2. The van der Waals surface area contributed by atoms with E-state index in [2.05, 4.69) is 35.2 Å². The maximum absolute atomic E-state index is 13.0. The molecule has 4 N–H and O–H groups in total. The third-order valence-corrected chi connectivity index (χ3v) is 9.46. The molecule has 2 atom stereocenters. The van der Waals surface area contributed by atoms with Gasteiger partial charge in [-0.15, -0.1) is 0 Å². The average Bonchev–Trinajstić information content (AvgIpc) is 3.24. The van der Waals surface area contributed by atoms with Crippen molar-refractivity contribution in [2.24, 2.45) is 5.73 Å². The van der Waals surface area contributed by atoms with Gasteiger partial charge in [0.2, 0.25) is 0 Å². The lowest BCUT2D eigenvalue weighted by atomic mass is 9.91. The Hall–Kier alpha value is -6.62. The monoisotopic (exact) mass is 814 g/mol. The fourth-order valence-electron chi connectivity index (χ4n) is 6.57. The number of aromatic carboxylic acids is 1. The van der Waals surface area contributed by atoms with Gasteiger partial charge in [-0.1, -0.05) is 36.4 Å². The molecule has 17 heteroatoms. The summed E-state index contributed by atoms with van der Waals surface area (Å²) < 4.78 is 77.5.